The highest BCUT2D eigenvalue weighted by Crippen LogP contribution is 2.39. The third-order valence-electron chi connectivity index (χ3n) is 4.20. The Kier molecular flexibility index (Phi) is 6.58. The van der Waals surface area contributed by atoms with Gasteiger partial charge in [0.05, 0.1) is 12.5 Å². The molecule has 24 heavy (non-hydrogen) atoms. The Labute approximate surface area is 144 Å². The van der Waals surface area contributed by atoms with E-state index in [9.17, 15) is 14.4 Å². The fraction of sp³-hybridized carbons (Fsp3) is 0.722. The number of amides is 2. The van der Waals surface area contributed by atoms with Gasteiger partial charge in [-0.3, -0.25) is 14.4 Å². The third kappa shape index (κ3) is 4.82. The number of esters is 1. The van der Waals surface area contributed by atoms with E-state index in [1.807, 2.05) is 20.8 Å². The van der Waals surface area contributed by atoms with Gasteiger partial charge in [-0.05, 0) is 52.9 Å². The molecule has 3 unspecified atom stereocenters. The zero-order chi connectivity index (χ0) is 18.5. The maximum Gasteiger partial charge on any atom is 0.311 e. The van der Waals surface area contributed by atoms with Crippen LogP contribution in [0.3, 0.4) is 0 Å². The van der Waals surface area contributed by atoms with Crippen molar-refractivity contribution in [2.45, 2.75) is 65.0 Å². The summed E-state index contributed by atoms with van der Waals surface area (Å²) in [4.78, 5) is 37.4. The summed E-state index contributed by atoms with van der Waals surface area (Å²) in [6, 6.07) is 0. The molecule has 2 amide bonds. The molecule has 0 aromatic rings. The Morgan fingerprint density at radius 3 is 2.38 bits per heavy atom. The minimum atomic E-state index is -1.32. The van der Waals surface area contributed by atoms with E-state index in [0.717, 1.165) is 6.42 Å². The van der Waals surface area contributed by atoms with Crippen LogP contribution in [0.5, 0.6) is 0 Å². The first kappa shape index (κ1) is 20.2. The van der Waals surface area contributed by atoms with Crippen LogP contribution in [0.25, 0.3) is 0 Å². The maximum absolute atomic E-state index is 13.1. The first-order valence-electron chi connectivity index (χ1n) is 8.46. The zero-order valence-corrected chi connectivity index (χ0v) is 15.4. The topological polar surface area (TPSA) is 84.5 Å². The first-order chi connectivity index (χ1) is 11.1. The van der Waals surface area contributed by atoms with E-state index in [1.165, 1.54) is 6.92 Å². The molecule has 3 atom stereocenters. The normalized spacial score (nSPS) is 27.0. The van der Waals surface area contributed by atoms with Crippen LogP contribution in [0.4, 0.5) is 0 Å². The molecule has 0 aromatic heterocycles. The standard InChI is InChI=1S/C18H30N2O4/c1-7-13-9-10-14(15(22)24-8-2)18(11-13,19-12(3)21)16(23)20-17(4,5)6/h7,13-14H,1,8-11H2,2-6H3,(H,19,21)(H,20,23). The first-order valence-corrected chi connectivity index (χ1v) is 8.46. The fourth-order valence-corrected chi connectivity index (χ4v) is 3.26. The number of ether oxygens (including phenoxy) is 1. The van der Waals surface area contributed by atoms with Crippen molar-refractivity contribution in [3.8, 4) is 0 Å². The zero-order valence-electron chi connectivity index (χ0n) is 15.4. The van der Waals surface area contributed by atoms with Gasteiger partial charge in [0.1, 0.15) is 5.54 Å². The SMILES string of the molecule is C=CC1CCC(C(=O)OCC)C(NC(C)=O)(C(=O)NC(C)(C)C)C1. The lowest BCUT2D eigenvalue weighted by atomic mass is 9.67. The summed E-state index contributed by atoms with van der Waals surface area (Å²) in [6.07, 6.45) is 3.31. The Balaban J connectivity index is 3.32. The van der Waals surface area contributed by atoms with Gasteiger partial charge in [-0.25, -0.2) is 0 Å². The number of carbonyl (C=O) groups excluding carboxylic acids is 3. The lowest BCUT2D eigenvalue weighted by Gasteiger charge is -2.45. The van der Waals surface area contributed by atoms with Gasteiger partial charge < -0.3 is 15.4 Å². The Morgan fingerprint density at radius 2 is 1.92 bits per heavy atom. The highest BCUT2D eigenvalue weighted by Gasteiger charge is 2.54. The van der Waals surface area contributed by atoms with E-state index >= 15 is 0 Å². The minimum Gasteiger partial charge on any atom is -0.466 e. The van der Waals surface area contributed by atoms with E-state index in [-0.39, 0.29) is 24.3 Å². The van der Waals surface area contributed by atoms with Gasteiger partial charge in [0, 0.05) is 12.5 Å². The monoisotopic (exact) mass is 338 g/mol. The lowest BCUT2D eigenvalue weighted by molar-refractivity contribution is -0.159. The molecule has 1 saturated carbocycles. The van der Waals surface area contributed by atoms with Crippen LogP contribution in [-0.2, 0) is 19.1 Å². The molecular formula is C18H30N2O4. The van der Waals surface area contributed by atoms with Crippen molar-refractivity contribution < 1.29 is 19.1 Å². The maximum atomic E-state index is 13.1. The molecule has 0 saturated heterocycles. The minimum absolute atomic E-state index is 0.0493. The highest BCUT2D eigenvalue weighted by atomic mass is 16.5. The number of hydrogen-bond acceptors (Lipinski definition) is 4. The molecule has 6 heteroatoms. The molecule has 0 spiro atoms. The van der Waals surface area contributed by atoms with Crippen LogP contribution in [0, 0.1) is 11.8 Å². The fourth-order valence-electron chi connectivity index (χ4n) is 3.26. The molecular weight excluding hydrogens is 308 g/mol. The molecule has 0 bridgehead atoms. The summed E-state index contributed by atoms with van der Waals surface area (Å²) in [5.41, 5.74) is -1.80. The van der Waals surface area contributed by atoms with Crippen molar-refractivity contribution in [3.05, 3.63) is 12.7 Å². The number of hydrogen-bond donors (Lipinski definition) is 2. The third-order valence-corrected chi connectivity index (χ3v) is 4.20. The van der Waals surface area contributed by atoms with Crippen LogP contribution in [-0.4, -0.2) is 35.5 Å². The summed E-state index contributed by atoms with van der Waals surface area (Å²) in [5.74, 6) is -1.81. The molecule has 0 aliphatic heterocycles. The molecule has 1 aliphatic carbocycles. The average Bonchev–Trinajstić information content (AvgIpc) is 2.44. The Hall–Kier alpha value is -1.85. The van der Waals surface area contributed by atoms with Gasteiger partial charge in [0.25, 0.3) is 0 Å². The molecule has 6 nitrogen and oxygen atoms in total. The summed E-state index contributed by atoms with van der Waals surface area (Å²) >= 11 is 0. The smallest absolute Gasteiger partial charge is 0.311 e. The molecule has 0 aromatic carbocycles. The van der Waals surface area contributed by atoms with E-state index in [2.05, 4.69) is 17.2 Å². The van der Waals surface area contributed by atoms with Gasteiger partial charge in [-0.15, -0.1) is 6.58 Å². The highest BCUT2D eigenvalue weighted by molar-refractivity contribution is 5.96. The van der Waals surface area contributed by atoms with E-state index in [4.69, 9.17) is 4.74 Å². The van der Waals surface area contributed by atoms with E-state index < -0.39 is 23.0 Å². The molecule has 1 aliphatic rings. The summed E-state index contributed by atoms with van der Waals surface area (Å²) < 4.78 is 5.17. The van der Waals surface area contributed by atoms with Crippen molar-refractivity contribution in [1.29, 1.82) is 0 Å². The number of rotatable bonds is 5. The van der Waals surface area contributed by atoms with Crippen molar-refractivity contribution in [2.24, 2.45) is 11.8 Å². The lowest BCUT2D eigenvalue weighted by Crippen LogP contribution is -2.68. The van der Waals surface area contributed by atoms with Gasteiger partial charge >= 0.3 is 5.97 Å². The molecule has 0 heterocycles. The van der Waals surface area contributed by atoms with Crippen LogP contribution in [0.15, 0.2) is 12.7 Å². The van der Waals surface area contributed by atoms with Crippen LogP contribution in [0.2, 0.25) is 0 Å². The van der Waals surface area contributed by atoms with Crippen molar-refractivity contribution in [3.63, 3.8) is 0 Å². The molecule has 136 valence electrons. The molecule has 2 N–H and O–H groups in total. The second kappa shape index (κ2) is 7.81. The van der Waals surface area contributed by atoms with E-state index in [0.29, 0.717) is 12.8 Å². The molecule has 1 rings (SSSR count). The average molecular weight is 338 g/mol. The largest absolute Gasteiger partial charge is 0.466 e. The van der Waals surface area contributed by atoms with E-state index in [1.54, 1.807) is 13.0 Å². The van der Waals surface area contributed by atoms with Crippen molar-refractivity contribution in [1.82, 2.24) is 10.6 Å². The number of nitrogens with one attached hydrogen (secondary N) is 2. The van der Waals surface area contributed by atoms with Crippen molar-refractivity contribution >= 4 is 17.8 Å². The second-order valence-corrected chi connectivity index (χ2v) is 7.44. The quantitative estimate of drug-likeness (QED) is 0.593. The number of allylic oxidation sites excluding steroid dienone is 1. The molecule has 0 radical (unpaired) electrons. The van der Waals surface area contributed by atoms with Crippen molar-refractivity contribution in [2.75, 3.05) is 6.61 Å². The predicted octanol–water partition coefficient (Wildman–Crippen LogP) is 1.94. The van der Waals surface area contributed by atoms with Gasteiger partial charge in [-0.1, -0.05) is 6.08 Å². The number of carbonyl (C=O) groups is 3. The van der Waals surface area contributed by atoms with Crippen LogP contribution in [0.1, 0.15) is 53.9 Å². The Bertz CT molecular complexity index is 510. The summed E-state index contributed by atoms with van der Waals surface area (Å²) in [5, 5.41) is 5.68. The van der Waals surface area contributed by atoms with Gasteiger partial charge in [-0.2, -0.15) is 0 Å². The summed E-state index contributed by atoms with van der Waals surface area (Å²) in [6.45, 7) is 12.7. The second-order valence-electron chi connectivity index (χ2n) is 7.44. The summed E-state index contributed by atoms with van der Waals surface area (Å²) in [7, 11) is 0. The predicted molar refractivity (Wildman–Crippen MR) is 92.1 cm³/mol. The van der Waals surface area contributed by atoms with Crippen LogP contribution < -0.4 is 10.6 Å². The van der Waals surface area contributed by atoms with Gasteiger partial charge in [0.15, 0.2) is 0 Å². The molecule has 1 fully saturated rings. The van der Waals surface area contributed by atoms with Crippen LogP contribution >= 0.6 is 0 Å². The Morgan fingerprint density at radius 1 is 1.29 bits per heavy atom. The van der Waals surface area contributed by atoms with Gasteiger partial charge in [0.2, 0.25) is 11.8 Å².